The van der Waals surface area contributed by atoms with E-state index in [1.807, 2.05) is 0 Å². The van der Waals surface area contributed by atoms with E-state index in [9.17, 15) is 9.59 Å². The SMILES string of the molecule is Cl.N[C@@]1(C(=O)OCc2cccc(Cl)c2)CC[C@H]2[C@H](C(=O)O)[C@H]21. The van der Waals surface area contributed by atoms with Crippen molar-refractivity contribution in [3.05, 3.63) is 34.9 Å². The number of rotatable bonds is 4. The fourth-order valence-corrected chi connectivity index (χ4v) is 3.71. The van der Waals surface area contributed by atoms with Gasteiger partial charge in [-0.3, -0.25) is 9.59 Å². The normalized spacial score (nSPS) is 31.8. The van der Waals surface area contributed by atoms with Crippen LogP contribution in [-0.4, -0.2) is 22.6 Å². The number of carboxylic acid groups (broad SMARTS) is 1. The molecule has 120 valence electrons. The van der Waals surface area contributed by atoms with E-state index in [4.69, 9.17) is 27.2 Å². The number of hydrogen-bond donors (Lipinski definition) is 2. The maximum atomic E-state index is 12.3. The summed E-state index contributed by atoms with van der Waals surface area (Å²) in [7, 11) is 0. The Hall–Kier alpha value is -1.30. The molecule has 2 saturated carbocycles. The lowest BCUT2D eigenvalue weighted by molar-refractivity contribution is -0.152. The van der Waals surface area contributed by atoms with Crippen molar-refractivity contribution in [1.29, 1.82) is 0 Å². The topological polar surface area (TPSA) is 89.6 Å². The standard InChI is InChI=1S/C15H16ClNO4.ClH/c16-9-3-1-2-8(6-9)7-21-14(20)15(17)5-4-10-11(12(10)15)13(18)19;/h1-3,6,10-12H,4-5,7,17H2,(H,18,19);1H/t10-,11-,12-,15-;/m0./s1. The van der Waals surface area contributed by atoms with Gasteiger partial charge in [0.05, 0.1) is 5.92 Å². The molecule has 0 aliphatic heterocycles. The van der Waals surface area contributed by atoms with Crippen LogP contribution >= 0.6 is 24.0 Å². The van der Waals surface area contributed by atoms with Crippen LogP contribution in [0.1, 0.15) is 18.4 Å². The molecule has 1 aromatic carbocycles. The van der Waals surface area contributed by atoms with Crippen LogP contribution in [0.4, 0.5) is 0 Å². The Morgan fingerprint density at radius 2 is 2.18 bits per heavy atom. The molecule has 2 aliphatic carbocycles. The van der Waals surface area contributed by atoms with Crippen molar-refractivity contribution < 1.29 is 19.4 Å². The first-order valence-electron chi connectivity index (χ1n) is 6.87. The summed E-state index contributed by atoms with van der Waals surface area (Å²) in [6.45, 7) is 0.0907. The zero-order valence-corrected chi connectivity index (χ0v) is 13.3. The summed E-state index contributed by atoms with van der Waals surface area (Å²) in [4.78, 5) is 23.3. The smallest absolute Gasteiger partial charge is 0.326 e. The first-order valence-corrected chi connectivity index (χ1v) is 7.24. The summed E-state index contributed by atoms with van der Waals surface area (Å²) in [5.41, 5.74) is 5.76. The van der Waals surface area contributed by atoms with E-state index in [-0.39, 0.29) is 30.8 Å². The molecule has 3 N–H and O–H groups in total. The second kappa shape index (κ2) is 6.07. The van der Waals surface area contributed by atoms with Gasteiger partial charge in [0.2, 0.25) is 0 Å². The van der Waals surface area contributed by atoms with Gasteiger partial charge in [-0.05, 0) is 36.5 Å². The summed E-state index contributed by atoms with van der Waals surface area (Å²) in [5.74, 6) is -2.16. The lowest BCUT2D eigenvalue weighted by Crippen LogP contribution is -2.50. The van der Waals surface area contributed by atoms with Crippen molar-refractivity contribution in [3.63, 3.8) is 0 Å². The molecule has 0 unspecified atom stereocenters. The van der Waals surface area contributed by atoms with Gasteiger partial charge in [-0.1, -0.05) is 23.7 Å². The van der Waals surface area contributed by atoms with Crippen LogP contribution in [0, 0.1) is 17.8 Å². The van der Waals surface area contributed by atoms with Crippen molar-refractivity contribution in [2.24, 2.45) is 23.5 Å². The molecule has 4 atom stereocenters. The van der Waals surface area contributed by atoms with Crippen LogP contribution in [-0.2, 0) is 20.9 Å². The second-order valence-electron chi connectivity index (χ2n) is 5.84. The summed E-state index contributed by atoms with van der Waals surface area (Å²) in [6, 6.07) is 7.03. The molecule has 5 nitrogen and oxygen atoms in total. The quantitative estimate of drug-likeness (QED) is 0.816. The van der Waals surface area contributed by atoms with Crippen molar-refractivity contribution in [2.45, 2.75) is 25.0 Å². The lowest BCUT2D eigenvalue weighted by atomic mass is 9.91. The monoisotopic (exact) mass is 345 g/mol. The van der Waals surface area contributed by atoms with Crippen molar-refractivity contribution in [1.82, 2.24) is 0 Å². The minimum Gasteiger partial charge on any atom is -0.481 e. The van der Waals surface area contributed by atoms with Crippen LogP contribution in [0.3, 0.4) is 0 Å². The highest BCUT2D eigenvalue weighted by Crippen LogP contribution is 2.61. The van der Waals surface area contributed by atoms with Gasteiger partial charge in [-0.2, -0.15) is 0 Å². The number of carboxylic acids is 1. The van der Waals surface area contributed by atoms with E-state index in [0.717, 1.165) is 5.56 Å². The Morgan fingerprint density at radius 3 is 2.77 bits per heavy atom. The average Bonchev–Trinajstić information content (AvgIpc) is 3.09. The fraction of sp³-hybridized carbons (Fsp3) is 0.467. The van der Waals surface area contributed by atoms with Gasteiger partial charge < -0.3 is 15.6 Å². The zero-order chi connectivity index (χ0) is 15.2. The van der Waals surface area contributed by atoms with Gasteiger partial charge in [0.1, 0.15) is 12.1 Å². The molecular formula is C15H17Cl2NO4. The predicted octanol–water partition coefficient (Wildman–Crippen LogP) is 2.24. The average molecular weight is 346 g/mol. The first-order chi connectivity index (χ1) is 9.93. The minimum absolute atomic E-state index is 0. The number of hydrogen-bond acceptors (Lipinski definition) is 4. The Labute approximate surface area is 139 Å². The third kappa shape index (κ3) is 2.81. The second-order valence-corrected chi connectivity index (χ2v) is 6.28. The van der Waals surface area contributed by atoms with Crippen LogP contribution in [0.15, 0.2) is 24.3 Å². The number of fused-ring (bicyclic) bond motifs is 1. The van der Waals surface area contributed by atoms with E-state index in [0.29, 0.717) is 17.9 Å². The zero-order valence-electron chi connectivity index (χ0n) is 11.7. The van der Waals surface area contributed by atoms with Crippen molar-refractivity contribution in [3.8, 4) is 0 Å². The van der Waals surface area contributed by atoms with E-state index in [2.05, 4.69) is 0 Å². The maximum absolute atomic E-state index is 12.3. The lowest BCUT2D eigenvalue weighted by Gasteiger charge is -2.24. The van der Waals surface area contributed by atoms with Crippen LogP contribution in [0.25, 0.3) is 0 Å². The molecule has 1 aromatic rings. The number of nitrogens with two attached hydrogens (primary N) is 1. The molecule has 2 aliphatic rings. The number of halogens is 2. The van der Waals surface area contributed by atoms with Gasteiger partial charge in [0, 0.05) is 10.9 Å². The van der Waals surface area contributed by atoms with Crippen molar-refractivity contribution in [2.75, 3.05) is 0 Å². The molecule has 0 aromatic heterocycles. The first kappa shape index (κ1) is 17.1. The van der Waals surface area contributed by atoms with E-state index < -0.39 is 23.4 Å². The molecular weight excluding hydrogens is 329 g/mol. The van der Waals surface area contributed by atoms with E-state index in [1.165, 1.54) is 0 Å². The molecule has 3 rings (SSSR count). The van der Waals surface area contributed by atoms with Gasteiger partial charge in [-0.25, -0.2) is 0 Å². The number of ether oxygens (including phenoxy) is 1. The molecule has 0 amide bonds. The highest BCUT2D eigenvalue weighted by Gasteiger charge is 2.70. The summed E-state index contributed by atoms with van der Waals surface area (Å²) in [6.07, 6.45) is 1.16. The van der Waals surface area contributed by atoms with Crippen molar-refractivity contribution >= 4 is 35.9 Å². The van der Waals surface area contributed by atoms with Gasteiger partial charge in [0.15, 0.2) is 0 Å². The summed E-state index contributed by atoms with van der Waals surface area (Å²) in [5, 5.41) is 9.66. The van der Waals surface area contributed by atoms with Gasteiger partial charge in [0.25, 0.3) is 0 Å². The van der Waals surface area contributed by atoms with E-state index in [1.54, 1.807) is 24.3 Å². The molecule has 0 saturated heterocycles. The Morgan fingerprint density at radius 1 is 1.45 bits per heavy atom. The molecule has 0 heterocycles. The largest absolute Gasteiger partial charge is 0.481 e. The van der Waals surface area contributed by atoms with Crippen LogP contribution < -0.4 is 5.73 Å². The molecule has 7 heteroatoms. The third-order valence-corrected chi connectivity index (χ3v) is 4.81. The number of aliphatic carboxylic acids is 1. The number of benzene rings is 1. The third-order valence-electron chi connectivity index (χ3n) is 4.58. The minimum atomic E-state index is -1.16. The molecule has 0 spiro atoms. The van der Waals surface area contributed by atoms with Gasteiger partial charge >= 0.3 is 11.9 Å². The highest BCUT2D eigenvalue weighted by molar-refractivity contribution is 6.30. The molecule has 2 fully saturated rings. The predicted molar refractivity (Wildman–Crippen MR) is 82.8 cm³/mol. The van der Waals surface area contributed by atoms with Crippen LogP contribution in [0.5, 0.6) is 0 Å². The maximum Gasteiger partial charge on any atom is 0.326 e. The Kier molecular flexibility index (Phi) is 4.70. The highest BCUT2D eigenvalue weighted by atomic mass is 35.5. The van der Waals surface area contributed by atoms with Crippen LogP contribution in [0.2, 0.25) is 5.02 Å². The van der Waals surface area contributed by atoms with E-state index >= 15 is 0 Å². The fourth-order valence-electron chi connectivity index (χ4n) is 3.49. The summed E-state index contributed by atoms with van der Waals surface area (Å²) >= 11 is 5.87. The Balaban J connectivity index is 0.00000176. The molecule has 0 bridgehead atoms. The number of carbonyl (C=O) groups excluding carboxylic acids is 1. The number of carbonyl (C=O) groups is 2. The number of esters is 1. The summed E-state index contributed by atoms with van der Waals surface area (Å²) < 4.78 is 5.28. The molecule has 22 heavy (non-hydrogen) atoms. The molecule has 0 radical (unpaired) electrons. The Bertz CT molecular complexity index is 609. The van der Waals surface area contributed by atoms with Gasteiger partial charge in [-0.15, -0.1) is 12.4 Å².